The van der Waals surface area contributed by atoms with Crippen LogP contribution in [0.1, 0.15) is 30.7 Å². The van der Waals surface area contributed by atoms with Crippen LogP contribution in [-0.4, -0.2) is 33.6 Å². The number of aromatic nitrogens is 2. The highest BCUT2D eigenvalue weighted by Gasteiger charge is 2.25. The molecule has 7 heteroatoms. The van der Waals surface area contributed by atoms with Crippen molar-refractivity contribution < 1.29 is 9.84 Å². The van der Waals surface area contributed by atoms with Gasteiger partial charge in [0.1, 0.15) is 10.6 Å². The van der Waals surface area contributed by atoms with Crippen molar-refractivity contribution in [2.24, 2.45) is 5.92 Å². The summed E-state index contributed by atoms with van der Waals surface area (Å²) in [7, 11) is 1.62. The number of ether oxygens (including phenoxy) is 1. The third kappa shape index (κ3) is 3.58. The second-order valence-corrected chi connectivity index (χ2v) is 9.50. The Hall–Kier alpha value is -1.83. The maximum Gasteiger partial charge on any atom is 0.267 e. The molecule has 0 amide bonds. The van der Waals surface area contributed by atoms with E-state index in [0.717, 1.165) is 40.9 Å². The molecule has 0 fully saturated rings. The van der Waals surface area contributed by atoms with Gasteiger partial charge in [0.15, 0.2) is 5.16 Å². The van der Waals surface area contributed by atoms with Gasteiger partial charge in [-0.2, -0.15) is 0 Å². The van der Waals surface area contributed by atoms with Gasteiger partial charge in [0.05, 0.1) is 24.3 Å². The van der Waals surface area contributed by atoms with Gasteiger partial charge in [-0.1, -0.05) is 18.7 Å². The van der Waals surface area contributed by atoms with E-state index < -0.39 is 6.10 Å². The summed E-state index contributed by atoms with van der Waals surface area (Å²) in [5.41, 5.74) is 1.93. The smallest absolute Gasteiger partial charge is 0.267 e. The molecule has 2 heterocycles. The molecule has 1 aliphatic carbocycles. The van der Waals surface area contributed by atoms with Crippen molar-refractivity contribution in [1.29, 1.82) is 0 Å². The van der Waals surface area contributed by atoms with Crippen molar-refractivity contribution in [3.63, 3.8) is 0 Å². The average Bonchev–Trinajstić information content (AvgIpc) is 3.04. The van der Waals surface area contributed by atoms with Crippen LogP contribution in [0.3, 0.4) is 0 Å². The number of rotatable bonds is 5. The number of fused-ring (bicyclic) bond motifs is 3. The van der Waals surface area contributed by atoms with Crippen LogP contribution < -0.4 is 10.3 Å². The molecule has 1 N–H and O–H groups in total. The Morgan fingerprint density at radius 1 is 1.39 bits per heavy atom. The number of hydrogen-bond acceptors (Lipinski definition) is 6. The molecular weight excluding hydrogens is 392 g/mol. The second kappa shape index (κ2) is 7.89. The molecule has 0 radical (unpaired) electrons. The summed E-state index contributed by atoms with van der Waals surface area (Å²) in [5, 5.41) is 11.1. The van der Waals surface area contributed by atoms with E-state index in [-0.39, 0.29) is 5.56 Å². The fourth-order valence-corrected chi connectivity index (χ4v) is 5.92. The summed E-state index contributed by atoms with van der Waals surface area (Å²) in [6.07, 6.45) is 2.60. The number of benzene rings is 1. The lowest BCUT2D eigenvalue weighted by Gasteiger charge is -2.18. The molecule has 1 aliphatic rings. The largest absolute Gasteiger partial charge is 0.497 e. The first-order valence-electron chi connectivity index (χ1n) is 9.50. The van der Waals surface area contributed by atoms with Gasteiger partial charge in [0.2, 0.25) is 0 Å². The van der Waals surface area contributed by atoms with Crippen LogP contribution in [0, 0.1) is 5.92 Å². The lowest BCUT2D eigenvalue weighted by molar-refractivity contribution is 0.220. The van der Waals surface area contributed by atoms with Crippen molar-refractivity contribution in [1.82, 2.24) is 9.55 Å². The SMILES string of the molecule is COc1ccc(-n2c(SC[C@H](C)O)nc3sc4c(c3c2=O)CC[C@@H](C)C4)cc1. The van der Waals surface area contributed by atoms with Gasteiger partial charge in [0.25, 0.3) is 5.56 Å². The van der Waals surface area contributed by atoms with Gasteiger partial charge in [-0.15, -0.1) is 11.3 Å². The minimum Gasteiger partial charge on any atom is -0.497 e. The van der Waals surface area contributed by atoms with Crippen LogP contribution >= 0.6 is 23.1 Å². The summed E-state index contributed by atoms with van der Waals surface area (Å²) in [5.74, 6) is 1.87. The van der Waals surface area contributed by atoms with Crippen molar-refractivity contribution in [2.75, 3.05) is 12.9 Å². The molecule has 148 valence electrons. The monoisotopic (exact) mass is 416 g/mol. The molecule has 5 nitrogen and oxygen atoms in total. The number of hydrogen-bond donors (Lipinski definition) is 1. The Bertz CT molecular complexity index is 1050. The Morgan fingerprint density at radius 3 is 2.82 bits per heavy atom. The van der Waals surface area contributed by atoms with Crippen molar-refractivity contribution in [3.8, 4) is 11.4 Å². The van der Waals surface area contributed by atoms with Crippen LogP contribution in [0.25, 0.3) is 15.9 Å². The van der Waals surface area contributed by atoms with E-state index in [0.29, 0.717) is 16.8 Å². The van der Waals surface area contributed by atoms with E-state index in [2.05, 4.69) is 6.92 Å². The summed E-state index contributed by atoms with van der Waals surface area (Å²) >= 11 is 3.07. The number of aliphatic hydroxyl groups excluding tert-OH is 1. The Labute approximate surface area is 172 Å². The molecule has 28 heavy (non-hydrogen) atoms. The van der Waals surface area contributed by atoms with Gasteiger partial charge in [-0.3, -0.25) is 9.36 Å². The highest BCUT2D eigenvalue weighted by molar-refractivity contribution is 7.99. The average molecular weight is 417 g/mol. The van der Waals surface area contributed by atoms with Crippen LogP contribution in [0.4, 0.5) is 0 Å². The first-order valence-corrected chi connectivity index (χ1v) is 11.3. The van der Waals surface area contributed by atoms with Crippen LogP contribution in [0.5, 0.6) is 5.75 Å². The van der Waals surface area contributed by atoms with Gasteiger partial charge < -0.3 is 9.84 Å². The number of aryl methyl sites for hydroxylation is 1. The minimum absolute atomic E-state index is 0.0182. The van der Waals surface area contributed by atoms with E-state index >= 15 is 0 Å². The zero-order chi connectivity index (χ0) is 19.8. The van der Waals surface area contributed by atoms with Gasteiger partial charge in [0, 0.05) is 10.6 Å². The first kappa shape index (κ1) is 19.5. The predicted molar refractivity (Wildman–Crippen MR) is 115 cm³/mol. The van der Waals surface area contributed by atoms with Crippen LogP contribution in [-0.2, 0) is 12.8 Å². The molecule has 4 rings (SSSR count). The molecular formula is C21H24N2O3S2. The highest BCUT2D eigenvalue weighted by atomic mass is 32.2. The lowest BCUT2D eigenvalue weighted by Crippen LogP contribution is -2.23. The maximum atomic E-state index is 13.6. The van der Waals surface area contributed by atoms with Gasteiger partial charge in [-0.25, -0.2) is 4.98 Å². The van der Waals surface area contributed by atoms with Crippen LogP contribution in [0.2, 0.25) is 0 Å². The van der Waals surface area contributed by atoms with Crippen molar-refractivity contribution in [3.05, 3.63) is 45.1 Å². The van der Waals surface area contributed by atoms with E-state index in [1.165, 1.54) is 22.2 Å². The summed E-state index contributed by atoms with van der Waals surface area (Å²) in [6.45, 7) is 4.01. The maximum absolute atomic E-state index is 13.6. The predicted octanol–water partition coefficient (Wildman–Crippen LogP) is 4.05. The first-order chi connectivity index (χ1) is 13.5. The molecule has 2 aromatic heterocycles. The van der Waals surface area contributed by atoms with Crippen LogP contribution in [0.15, 0.2) is 34.2 Å². The van der Waals surface area contributed by atoms with E-state index in [4.69, 9.17) is 9.72 Å². The Kier molecular flexibility index (Phi) is 5.49. The molecule has 2 atom stereocenters. The normalized spacial score (nSPS) is 17.5. The number of nitrogens with zero attached hydrogens (tertiary/aromatic N) is 2. The third-order valence-corrected chi connectivity index (χ3v) is 7.41. The molecule has 0 unspecified atom stereocenters. The van der Waals surface area contributed by atoms with E-state index in [1.807, 2.05) is 24.3 Å². The zero-order valence-corrected chi connectivity index (χ0v) is 17.9. The molecule has 0 aliphatic heterocycles. The van der Waals surface area contributed by atoms with E-state index in [1.54, 1.807) is 29.9 Å². The second-order valence-electron chi connectivity index (χ2n) is 7.42. The third-order valence-electron chi connectivity index (χ3n) is 5.08. The number of aliphatic hydroxyl groups is 1. The highest BCUT2D eigenvalue weighted by Crippen LogP contribution is 2.37. The fraction of sp³-hybridized carbons (Fsp3) is 0.429. The van der Waals surface area contributed by atoms with Crippen molar-refractivity contribution in [2.45, 2.75) is 44.4 Å². The summed E-state index contributed by atoms with van der Waals surface area (Å²) in [4.78, 5) is 20.6. The fourth-order valence-electron chi connectivity index (χ4n) is 3.62. The summed E-state index contributed by atoms with van der Waals surface area (Å²) in [6, 6.07) is 7.45. The molecule has 1 aromatic carbocycles. The Morgan fingerprint density at radius 2 is 2.14 bits per heavy atom. The molecule has 0 saturated carbocycles. The zero-order valence-electron chi connectivity index (χ0n) is 16.3. The van der Waals surface area contributed by atoms with Gasteiger partial charge >= 0.3 is 0 Å². The standard InChI is InChI=1S/C21H24N2O3S2/c1-12-4-9-16-17(10-12)28-19-18(16)20(25)23(21(22-19)27-11-13(2)24)14-5-7-15(26-3)8-6-14/h5-8,12-13,24H,4,9-11H2,1-3H3/t12-,13+/m1/s1. The van der Waals surface area contributed by atoms with Gasteiger partial charge in [-0.05, 0) is 61.9 Å². The number of thiophene rings is 1. The molecule has 0 saturated heterocycles. The Balaban J connectivity index is 1.92. The van der Waals surface area contributed by atoms with E-state index in [9.17, 15) is 9.90 Å². The molecule has 0 bridgehead atoms. The quantitative estimate of drug-likeness (QED) is 0.502. The molecule has 3 aromatic rings. The number of methoxy groups -OCH3 is 1. The number of thioether (sulfide) groups is 1. The topological polar surface area (TPSA) is 64.3 Å². The van der Waals surface area contributed by atoms with Crippen molar-refractivity contribution >= 4 is 33.3 Å². The lowest BCUT2D eigenvalue weighted by atomic mass is 9.89. The summed E-state index contributed by atoms with van der Waals surface area (Å²) < 4.78 is 6.93. The minimum atomic E-state index is -0.473. The molecule has 0 spiro atoms.